The van der Waals surface area contributed by atoms with Crippen LogP contribution in [-0.2, 0) is 12.7 Å². The number of halogens is 4. The lowest BCUT2D eigenvalue weighted by Crippen LogP contribution is -2.04. The van der Waals surface area contributed by atoms with E-state index in [0.29, 0.717) is 22.2 Å². The third-order valence-corrected chi connectivity index (χ3v) is 3.55. The van der Waals surface area contributed by atoms with Crippen LogP contribution in [0.1, 0.15) is 11.3 Å². The molecule has 0 amide bonds. The van der Waals surface area contributed by atoms with Gasteiger partial charge in [-0.15, -0.1) is 0 Å². The molecule has 0 fully saturated rings. The number of hydrogen-bond acceptors (Lipinski definition) is 1. The molecule has 3 N–H and O–H groups in total. The number of alkyl halides is 3. The van der Waals surface area contributed by atoms with Gasteiger partial charge in [0.15, 0.2) is 0 Å². The molecule has 6 heteroatoms. The van der Waals surface area contributed by atoms with Crippen LogP contribution in [0, 0.1) is 5.82 Å². The lowest BCUT2D eigenvalue weighted by Gasteiger charge is -2.08. The first-order chi connectivity index (χ1) is 10.4. The summed E-state index contributed by atoms with van der Waals surface area (Å²) in [6.45, 7) is 0.0691. The number of aromatic nitrogens is 1. The molecule has 0 spiro atoms. The van der Waals surface area contributed by atoms with Crippen molar-refractivity contribution in [2.75, 3.05) is 0 Å². The molecule has 0 saturated carbocycles. The van der Waals surface area contributed by atoms with Gasteiger partial charge in [-0.25, -0.2) is 4.39 Å². The van der Waals surface area contributed by atoms with Gasteiger partial charge < -0.3 is 10.7 Å². The number of nitrogens with two attached hydrogens (primary N) is 1. The minimum atomic E-state index is -4.46. The van der Waals surface area contributed by atoms with Gasteiger partial charge in [-0.05, 0) is 24.3 Å². The maximum Gasteiger partial charge on any atom is 0.416 e. The Hall–Kier alpha value is -2.34. The molecule has 22 heavy (non-hydrogen) atoms. The lowest BCUT2D eigenvalue weighted by atomic mass is 10.00. The number of fused-ring (bicyclic) bond motifs is 1. The fourth-order valence-corrected chi connectivity index (χ4v) is 2.55. The van der Waals surface area contributed by atoms with Crippen LogP contribution < -0.4 is 5.73 Å². The zero-order valence-electron chi connectivity index (χ0n) is 11.3. The van der Waals surface area contributed by atoms with Crippen molar-refractivity contribution in [3.05, 3.63) is 59.5 Å². The summed E-state index contributed by atoms with van der Waals surface area (Å²) >= 11 is 0. The van der Waals surface area contributed by atoms with Gasteiger partial charge in [0.1, 0.15) is 5.82 Å². The number of nitrogens with one attached hydrogen (secondary N) is 1. The Morgan fingerprint density at radius 1 is 1.05 bits per heavy atom. The highest BCUT2D eigenvalue weighted by Gasteiger charge is 2.31. The first-order valence-corrected chi connectivity index (χ1v) is 6.58. The molecule has 1 aromatic heterocycles. The van der Waals surface area contributed by atoms with Crippen molar-refractivity contribution >= 4 is 10.9 Å². The van der Waals surface area contributed by atoms with Crippen LogP contribution >= 0.6 is 0 Å². The second-order valence-electron chi connectivity index (χ2n) is 4.92. The number of hydrogen-bond donors (Lipinski definition) is 2. The minimum absolute atomic E-state index is 0.0691. The second kappa shape index (κ2) is 5.14. The minimum Gasteiger partial charge on any atom is -0.357 e. The molecule has 0 saturated heterocycles. The van der Waals surface area contributed by atoms with E-state index in [9.17, 15) is 17.6 Å². The summed E-state index contributed by atoms with van der Waals surface area (Å²) < 4.78 is 52.8. The first-order valence-electron chi connectivity index (χ1n) is 6.58. The second-order valence-corrected chi connectivity index (χ2v) is 4.92. The van der Waals surface area contributed by atoms with Gasteiger partial charge in [-0.2, -0.15) is 13.2 Å². The van der Waals surface area contributed by atoms with E-state index in [-0.39, 0.29) is 12.1 Å². The molecular weight excluding hydrogens is 296 g/mol. The summed E-state index contributed by atoms with van der Waals surface area (Å²) in [4.78, 5) is 2.96. The fourth-order valence-electron chi connectivity index (χ4n) is 2.55. The highest BCUT2D eigenvalue weighted by atomic mass is 19.4. The SMILES string of the molecule is NCc1[nH]c2ccc(C(F)(F)F)cc2c1-c1ccccc1F. The maximum absolute atomic E-state index is 14.1. The van der Waals surface area contributed by atoms with E-state index in [2.05, 4.69) is 4.98 Å². The molecule has 0 aliphatic heterocycles. The third kappa shape index (κ3) is 2.35. The van der Waals surface area contributed by atoms with E-state index in [0.717, 1.165) is 12.1 Å². The van der Waals surface area contributed by atoms with Gasteiger partial charge >= 0.3 is 6.18 Å². The number of rotatable bonds is 2. The summed E-state index contributed by atoms with van der Waals surface area (Å²) in [6.07, 6.45) is -4.46. The highest BCUT2D eigenvalue weighted by Crippen LogP contribution is 2.37. The zero-order chi connectivity index (χ0) is 15.9. The highest BCUT2D eigenvalue weighted by molar-refractivity contribution is 5.98. The van der Waals surface area contributed by atoms with Gasteiger partial charge in [-0.3, -0.25) is 0 Å². The summed E-state index contributed by atoms with van der Waals surface area (Å²) in [7, 11) is 0. The largest absolute Gasteiger partial charge is 0.416 e. The summed E-state index contributed by atoms with van der Waals surface area (Å²) in [5.41, 5.74) is 6.47. The topological polar surface area (TPSA) is 41.8 Å². The molecule has 0 bridgehead atoms. The van der Waals surface area contributed by atoms with Crippen molar-refractivity contribution in [3.8, 4) is 11.1 Å². The van der Waals surface area contributed by atoms with Crippen LogP contribution in [0.4, 0.5) is 17.6 Å². The van der Waals surface area contributed by atoms with Gasteiger partial charge in [0.2, 0.25) is 0 Å². The molecule has 0 aliphatic carbocycles. The van der Waals surface area contributed by atoms with Gasteiger partial charge in [0.25, 0.3) is 0 Å². The fraction of sp³-hybridized carbons (Fsp3) is 0.125. The van der Waals surface area contributed by atoms with E-state index >= 15 is 0 Å². The average molecular weight is 308 g/mol. The molecule has 3 rings (SSSR count). The molecule has 3 aromatic rings. The predicted molar refractivity (Wildman–Crippen MR) is 76.6 cm³/mol. The standard InChI is InChI=1S/C16H12F4N2/c17-12-4-2-1-3-10(12)15-11-7-9(16(18,19)20)5-6-13(11)22-14(15)8-21/h1-7,22H,8,21H2. The van der Waals surface area contributed by atoms with Crippen LogP contribution in [0.2, 0.25) is 0 Å². The van der Waals surface area contributed by atoms with Crippen molar-refractivity contribution in [2.45, 2.75) is 12.7 Å². The smallest absolute Gasteiger partial charge is 0.357 e. The van der Waals surface area contributed by atoms with E-state index in [1.54, 1.807) is 6.07 Å². The van der Waals surface area contributed by atoms with E-state index < -0.39 is 17.6 Å². The Morgan fingerprint density at radius 2 is 1.77 bits per heavy atom. The van der Waals surface area contributed by atoms with Crippen LogP contribution in [-0.4, -0.2) is 4.98 Å². The van der Waals surface area contributed by atoms with Crippen LogP contribution in [0.5, 0.6) is 0 Å². The Morgan fingerprint density at radius 3 is 2.41 bits per heavy atom. The van der Waals surface area contributed by atoms with E-state index in [1.807, 2.05) is 0 Å². The molecule has 0 atom stereocenters. The summed E-state index contributed by atoms with van der Waals surface area (Å²) in [6, 6.07) is 9.29. The number of benzene rings is 2. The molecule has 1 heterocycles. The van der Waals surface area contributed by atoms with Crippen molar-refractivity contribution in [2.24, 2.45) is 5.73 Å². The van der Waals surface area contributed by atoms with E-state index in [1.165, 1.54) is 24.3 Å². The van der Waals surface area contributed by atoms with Crippen molar-refractivity contribution in [1.29, 1.82) is 0 Å². The molecule has 0 aliphatic rings. The summed E-state index contributed by atoms with van der Waals surface area (Å²) in [5.74, 6) is -0.504. The van der Waals surface area contributed by atoms with Crippen molar-refractivity contribution in [3.63, 3.8) is 0 Å². The van der Waals surface area contributed by atoms with Crippen LogP contribution in [0.3, 0.4) is 0 Å². The average Bonchev–Trinajstić information content (AvgIpc) is 2.84. The Bertz CT molecular complexity index is 834. The lowest BCUT2D eigenvalue weighted by molar-refractivity contribution is -0.137. The van der Waals surface area contributed by atoms with Gasteiger partial charge in [-0.1, -0.05) is 18.2 Å². The predicted octanol–water partition coefficient (Wildman–Crippen LogP) is 4.45. The Kier molecular flexibility index (Phi) is 3.41. The third-order valence-electron chi connectivity index (χ3n) is 3.55. The molecular formula is C16H12F4N2. The van der Waals surface area contributed by atoms with Crippen molar-refractivity contribution < 1.29 is 17.6 Å². The molecule has 2 aromatic carbocycles. The number of H-pyrrole nitrogens is 1. The molecule has 0 unspecified atom stereocenters. The van der Waals surface area contributed by atoms with Gasteiger partial charge in [0, 0.05) is 34.3 Å². The monoisotopic (exact) mass is 308 g/mol. The summed E-state index contributed by atoms with van der Waals surface area (Å²) in [5, 5.41) is 0.306. The molecule has 0 radical (unpaired) electrons. The maximum atomic E-state index is 14.1. The van der Waals surface area contributed by atoms with Gasteiger partial charge in [0.05, 0.1) is 5.56 Å². The first kappa shape index (κ1) is 14.6. The Labute approximate surface area is 123 Å². The van der Waals surface area contributed by atoms with Crippen molar-refractivity contribution in [1.82, 2.24) is 4.98 Å². The van der Waals surface area contributed by atoms with E-state index in [4.69, 9.17) is 5.73 Å². The quantitative estimate of drug-likeness (QED) is 0.675. The van der Waals surface area contributed by atoms with Crippen LogP contribution in [0.15, 0.2) is 42.5 Å². The molecule has 114 valence electrons. The normalized spacial score (nSPS) is 12.0. The van der Waals surface area contributed by atoms with Crippen LogP contribution in [0.25, 0.3) is 22.0 Å². The molecule has 2 nitrogen and oxygen atoms in total. The Balaban J connectivity index is 2.34. The zero-order valence-corrected chi connectivity index (χ0v) is 11.3. The number of aromatic amines is 1.